The highest BCUT2D eigenvalue weighted by Gasteiger charge is 2.35. The van der Waals surface area contributed by atoms with Crippen LogP contribution in [0.25, 0.3) is 0 Å². The summed E-state index contributed by atoms with van der Waals surface area (Å²) in [5, 5.41) is 31.0. The first kappa shape index (κ1) is 20.4. The summed E-state index contributed by atoms with van der Waals surface area (Å²) in [6.07, 6.45) is 0. The number of nitro benzene ring substituents is 1. The van der Waals surface area contributed by atoms with Crippen molar-refractivity contribution in [1.82, 2.24) is 4.72 Å². The molecule has 0 heterocycles. The van der Waals surface area contributed by atoms with Crippen LogP contribution < -0.4 is 4.72 Å². The number of hydrogen-bond acceptors (Lipinski definition) is 6. The lowest BCUT2D eigenvalue weighted by Crippen LogP contribution is -2.44. The molecule has 2 aromatic carbocycles. The second-order valence-corrected chi connectivity index (χ2v) is 8.01. The Morgan fingerprint density at radius 3 is 2.54 bits per heavy atom. The Kier molecular flexibility index (Phi) is 6.09. The van der Waals surface area contributed by atoms with Crippen molar-refractivity contribution in [3.05, 3.63) is 68.4 Å². The van der Waals surface area contributed by atoms with Gasteiger partial charge in [-0.3, -0.25) is 10.1 Å². The third-order valence-corrected chi connectivity index (χ3v) is 5.54. The van der Waals surface area contributed by atoms with E-state index < -0.39 is 50.1 Å². The van der Waals surface area contributed by atoms with Crippen LogP contribution in [-0.4, -0.2) is 36.7 Å². The monoisotopic (exact) mass is 448 g/mol. The molecule has 2 rings (SSSR count). The largest absolute Gasteiger partial charge is 0.393 e. The standard InChI is InChI=1S/C15H14BrFN2O6S/c16-10-5-6-12(17)11(7-10)15(21,9-20)8-18-26(24,25)14-4-2-1-3-13(14)19(22)23/h1-7,18,20-21H,8-9H2/t15-/m0/s1. The van der Waals surface area contributed by atoms with Crippen molar-refractivity contribution in [3.63, 3.8) is 0 Å². The lowest BCUT2D eigenvalue weighted by molar-refractivity contribution is -0.387. The van der Waals surface area contributed by atoms with E-state index in [0.717, 1.165) is 18.2 Å². The predicted molar refractivity (Wildman–Crippen MR) is 93.4 cm³/mol. The smallest absolute Gasteiger partial charge is 0.289 e. The van der Waals surface area contributed by atoms with Crippen LogP contribution in [0, 0.1) is 15.9 Å². The number of nitro groups is 1. The molecule has 0 fully saturated rings. The highest BCUT2D eigenvalue weighted by Crippen LogP contribution is 2.28. The van der Waals surface area contributed by atoms with Gasteiger partial charge >= 0.3 is 0 Å². The summed E-state index contributed by atoms with van der Waals surface area (Å²) in [5.41, 5.74) is -3.26. The van der Waals surface area contributed by atoms with Crippen molar-refractivity contribution >= 4 is 31.6 Å². The maximum absolute atomic E-state index is 14.0. The summed E-state index contributed by atoms with van der Waals surface area (Å²) in [4.78, 5) is 9.53. The molecule has 0 unspecified atom stereocenters. The summed E-state index contributed by atoms with van der Waals surface area (Å²) >= 11 is 3.10. The van der Waals surface area contributed by atoms with Gasteiger partial charge in [-0.25, -0.2) is 17.5 Å². The molecule has 0 spiro atoms. The van der Waals surface area contributed by atoms with Crippen LogP contribution in [0.1, 0.15) is 5.56 Å². The van der Waals surface area contributed by atoms with Crippen LogP contribution >= 0.6 is 15.9 Å². The van der Waals surface area contributed by atoms with Gasteiger partial charge < -0.3 is 10.2 Å². The second kappa shape index (κ2) is 7.76. The number of aliphatic hydroxyl groups excluding tert-OH is 1. The minimum absolute atomic E-state index is 0.334. The van der Waals surface area contributed by atoms with Crippen molar-refractivity contribution in [3.8, 4) is 0 Å². The fraction of sp³-hybridized carbons (Fsp3) is 0.200. The van der Waals surface area contributed by atoms with Gasteiger partial charge in [-0.15, -0.1) is 0 Å². The zero-order valence-electron chi connectivity index (χ0n) is 13.1. The molecule has 2 aromatic rings. The first-order valence-corrected chi connectivity index (χ1v) is 9.40. The Bertz CT molecular complexity index is 939. The van der Waals surface area contributed by atoms with E-state index in [0.29, 0.717) is 4.47 Å². The Balaban J connectivity index is 2.36. The van der Waals surface area contributed by atoms with Gasteiger partial charge in [0.1, 0.15) is 11.4 Å². The average molecular weight is 449 g/mol. The molecule has 3 N–H and O–H groups in total. The van der Waals surface area contributed by atoms with E-state index >= 15 is 0 Å². The number of nitrogens with one attached hydrogen (secondary N) is 1. The number of benzene rings is 2. The first-order chi connectivity index (χ1) is 12.1. The number of hydrogen-bond donors (Lipinski definition) is 3. The van der Waals surface area contributed by atoms with Crippen LogP contribution in [0.2, 0.25) is 0 Å². The van der Waals surface area contributed by atoms with Gasteiger partial charge in [-0.05, 0) is 24.3 Å². The molecule has 0 radical (unpaired) electrons. The zero-order valence-corrected chi connectivity index (χ0v) is 15.5. The number of halogens is 2. The Morgan fingerprint density at radius 1 is 1.27 bits per heavy atom. The highest BCUT2D eigenvalue weighted by molar-refractivity contribution is 9.10. The molecule has 1 atom stereocenters. The quantitative estimate of drug-likeness (QED) is 0.436. The third-order valence-electron chi connectivity index (χ3n) is 3.60. The fourth-order valence-electron chi connectivity index (χ4n) is 2.22. The maximum Gasteiger partial charge on any atom is 0.289 e. The molecule has 0 amide bonds. The molecule has 0 saturated carbocycles. The van der Waals surface area contributed by atoms with Crippen molar-refractivity contribution < 1.29 is 27.9 Å². The first-order valence-electron chi connectivity index (χ1n) is 7.12. The van der Waals surface area contributed by atoms with E-state index in [-0.39, 0.29) is 5.56 Å². The van der Waals surface area contributed by atoms with Crippen LogP contribution in [0.3, 0.4) is 0 Å². The topological polar surface area (TPSA) is 130 Å². The van der Waals surface area contributed by atoms with Crippen LogP contribution in [0.15, 0.2) is 51.8 Å². The van der Waals surface area contributed by atoms with Crippen LogP contribution in [0.5, 0.6) is 0 Å². The van der Waals surface area contributed by atoms with Gasteiger partial charge in [0.2, 0.25) is 10.0 Å². The number of nitrogens with zero attached hydrogens (tertiary/aromatic N) is 1. The lowest BCUT2D eigenvalue weighted by atomic mass is 9.94. The lowest BCUT2D eigenvalue weighted by Gasteiger charge is -2.27. The van der Waals surface area contributed by atoms with Gasteiger partial charge in [0, 0.05) is 22.6 Å². The average Bonchev–Trinajstić information content (AvgIpc) is 2.61. The molecule has 0 aliphatic rings. The van der Waals surface area contributed by atoms with E-state index in [1.54, 1.807) is 0 Å². The zero-order chi connectivity index (χ0) is 19.5. The Hall–Kier alpha value is -1.92. The van der Waals surface area contributed by atoms with Crippen molar-refractivity contribution in [2.75, 3.05) is 13.2 Å². The summed E-state index contributed by atoms with van der Waals surface area (Å²) in [6.45, 7) is -1.79. The van der Waals surface area contributed by atoms with Crippen molar-refractivity contribution in [2.24, 2.45) is 0 Å². The molecular formula is C15H14BrFN2O6S. The molecule has 0 aliphatic carbocycles. The van der Waals surface area contributed by atoms with Crippen LogP contribution in [-0.2, 0) is 15.6 Å². The highest BCUT2D eigenvalue weighted by atomic mass is 79.9. The molecular weight excluding hydrogens is 435 g/mol. The SMILES string of the molecule is O=[N+]([O-])c1ccccc1S(=O)(=O)NC[C@](O)(CO)c1cc(Br)ccc1F. The van der Waals surface area contributed by atoms with Crippen molar-refractivity contribution in [1.29, 1.82) is 0 Å². The second-order valence-electron chi connectivity index (χ2n) is 5.36. The van der Waals surface area contributed by atoms with E-state index in [2.05, 4.69) is 15.9 Å². The molecule has 0 saturated heterocycles. The summed E-state index contributed by atoms with van der Waals surface area (Å²) in [7, 11) is -4.41. The van der Waals surface area contributed by atoms with Crippen LogP contribution in [0.4, 0.5) is 10.1 Å². The minimum atomic E-state index is -4.41. The van der Waals surface area contributed by atoms with E-state index in [4.69, 9.17) is 0 Å². The number of sulfonamides is 1. The Morgan fingerprint density at radius 2 is 1.92 bits per heavy atom. The van der Waals surface area contributed by atoms with Gasteiger partial charge in [-0.1, -0.05) is 28.1 Å². The normalized spacial score (nSPS) is 14.0. The fourth-order valence-corrected chi connectivity index (χ4v) is 3.84. The van der Waals surface area contributed by atoms with E-state index in [1.165, 1.54) is 24.3 Å². The van der Waals surface area contributed by atoms with Gasteiger partial charge in [0.05, 0.1) is 11.5 Å². The van der Waals surface area contributed by atoms with Gasteiger partial charge in [-0.2, -0.15) is 0 Å². The number of para-hydroxylation sites is 1. The molecule has 26 heavy (non-hydrogen) atoms. The molecule has 0 aliphatic heterocycles. The predicted octanol–water partition coefficient (Wildman–Crippen LogP) is 1.65. The van der Waals surface area contributed by atoms with Gasteiger partial charge in [0.15, 0.2) is 4.90 Å². The molecule has 8 nitrogen and oxygen atoms in total. The number of rotatable bonds is 7. The number of aliphatic hydroxyl groups is 2. The van der Waals surface area contributed by atoms with E-state index in [9.17, 15) is 33.1 Å². The molecule has 0 bridgehead atoms. The summed E-state index contributed by atoms with van der Waals surface area (Å²) in [5.74, 6) is -0.852. The van der Waals surface area contributed by atoms with Gasteiger partial charge in [0.25, 0.3) is 5.69 Å². The third kappa shape index (κ3) is 4.24. The molecule has 0 aromatic heterocycles. The summed E-state index contributed by atoms with van der Waals surface area (Å²) < 4.78 is 41.2. The van der Waals surface area contributed by atoms with Crippen molar-refractivity contribution in [2.45, 2.75) is 10.5 Å². The Labute approximate surface area is 156 Å². The minimum Gasteiger partial charge on any atom is -0.393 e. The maximum atomic E-state index is 14.0. The molecule has 11 heteroatoms. The van der Waals surface area contributed by atoms with E-state index in [1.807, 2.05) is 4.72 Å². The molecule has 140 valence electrons. The summed E-state index contributed by atoms with van der Waals surface area (Å²) in [6, 6.07) is 8.25.